The van der Waals surface area contributed by atoms with Crippen molar-refractivity contribution < 1.29 is 14.3 Å². The van der Waals surface area contributed by atoms with Crippen molar-refractivity contribution in [2.45, 2.75) is 39.2 Å². The van der Waals surface area contributed by atoms with Crippen LogP contribution in [-0.4, -0.2) is 42.1 Å². The summed E-state index contributed by atoms with van der Waals surface area (Å²) in [5.74, 6) is 0.133. The maximum atomic E-state index is 12.7. The van der Waals surface area contributed by atoms with Gasteiger partial charge in [-0.1, -0.05) is 17.7 Å². The molecule has 3 rings (SSSR count). The predicted octanol–water partition coefficient (Wildman–Crippen LogP) is 3.70. The van der Waals surface area contributed by atoms with E-state index in [9.17, 15) is 9.59 Å². The average molecular weight is 351 g/mol. The monoisotopic (exact) mass is 350 g/mol. The van der Waals surface area contributed by atoms with Crippen LogP contribution in [0.2, 0.25) is 5.02 Å². The van der Waals surface area contributed by atoms with Gasteiger partial charge >= 0.3 is 6.09 Å². The van der Waals surface area contributed by atoms with Gasteiger partial charge in [-0.05, 0) is 51.8 Å². The Hall–Kier alpha value is -1.75. The Morgan fingerprint density at radius 2 is 1.92 bits per heavy atom. The molecule has 2 heterocycles. The summed E-state index contributed by atoms with van der Waals surface area (Å²) in [5, 5.41) is 0.626. The number of rotatable bonds is 1. The van der Waals surface area contributed by atoms with Crippen LogP contribution in [0.15, 0.2) is 24.3 Å². The highest BCUT2D eigenvalue weighted by Gasteiger charge is 2.54. The molecule has 0 unspecified atom stereocenters. The number of β-lactam (4-membered cyclic amide) rings is 1. The highest BCUT2D eigenvalue weighted by Crippen LogP contribution is 2.44. The summed E-state index contributed by atoms with van der Waals surface area (Å²) in [7, 11) is 0. The van der Waals surface area contributed by atoms with Crippen LogP contribution in [0.3, 0.4) is 0 Å². The number of carbonyl (C=O) groups is 2. The third-order valence-corrected chi connectivity index (χ3v) is 4.89. The first-order chi connectivity index (χ1) is 11.2. The van der Waals surface area contributed by atoms with Gasteiger partial charge < -0.3 is 14.5 Å². The van der Waals surface area contributed by atoms with Crippen molar-refractivity contribution in [1.29, 1.82) is 0 Å². The summed E-state index contributed by atoms with van der Waals surface area (Å²) in [6.45, 7) is 7.38. The lowest BCUT2D eigenvalue weighted by molar-refractivity contribution is -0.138. The molecule has 0 radical (unpaired) electrons. The predicted molar refractivity (Wildman–Crippen MR) is 93.3 cm³/mol. The van der Waals surface area contributed by atoms with E-state index in [1.54, 1.807) is 15.9 Å². The molecule has 0 saturated carbocycles. The minimum Gasteiger partial charge on any atom is -0.444 e. The molecule has 130 valence electrons. The van der Waals surface area contributed by atoms with E-state index >= 15 is 0 Å². The zero-order chi connectivity index (χ0) is 17.5. The Balaban J connectivity index is 1.59. The molecule has 0 bridgehead atoms. The van der Waals surface area contributed by atoms with Crippen molar-refractivity contribution >= 4 is 29.3 Å². The smallest absolute Gasteiger partial charge is 0.410 e. The number of likely N-dealkylation sites (tertiary alicyclic amines) is 1. The van der Waals surface area contributed by atoms with Crippen molar-refractivity contribution in [3.8, 4) is 0 Å². The van der Waals surface area contributed by atoms with Crippen LogP contribution in [0.4, 0.5) is 10.5 Å². The first-order valence-corrected chi connectivity index (χ1v) is 8.63. The Kier molecular flexibility index (Phi) is 4.24. The van der Waals surface area contributed by atoms with E-state index in [1.807, 2.05) is 39.0 Å². The van der Waals surface area contributed by atoms with E-state index in [0.717, 1.165) is 5.69 Å². The van der Waals surface area contributed by atoms with Gasteiger partial charge in [-0.25, -0.2) is 4.79 Å². The third kappa shape index (κ3) is 3.22. The van der Waals surface area contributed by atoms with Crippen LogP contribution in [0.1, 0.15) is 33.6 Å². The van der Waals surface area contributed by atoms with E-state index in [-0.39, 0.29) is 17.4 Å². The molecule has 2 amide bonds. The molecule has 24 heavy (non-hydrogen) atoms. The number of nitrogens with zero attached hydrogens (tertiary/aromatic N) is 2. The lowest BCUT2D eigenvalue weighted by Crippen LogP contribution is -2.65. The quantitative estimate of drug-likeness (QED) is 0.725. The number of halogens is 1. The zero-order valence-electron chi connectivity index (χ0n) is 14.3. The average Bonchev–Trinajstić information content (AvgIpc) is 2.51. The number of hydrogen-bond acceptors (Lipinski definition) is 3. The van der Waals surface area contributed by atoms with E-state index < -0.39 is 5.60 Å². The second kappa shape index (κ2) is 5.96. The summed E-state index contributed by atoms with van der Waals surface area (Å²) < 4.78 is 5.40. The van der Waals surface area contributed by atoms with E-state index in [4.69, 9.17) is 16.3 Å². The molecule has 2 aliphatic heterocycles. The van der Waals surface area contributed by atoms with Gasteiger partial charge in [-0.3, -0.25) is 4.79 Å². The highest BCUT2D eigenvalue weighted by molar-refractivity contribution is 6.31. The van der Waals surface area contributed by atoms with E-state index in [1.165, 1.54) is 0 Å². The zero-order valence-corrected chi connectivity index (χ0v) is 15.1. The van der Waals surface area contributed by atoms with Gasteiger partial charge in [0, 0.05) is 30.3 Å². The fourth-order valence-corrected chi connectivity index (χ4v) is 3.49. The normalized spacial score (nSPS) is 20.1. The Morgan fingerprint density at radius 3 is 2.46 bits per heavy atom. The van der Waals surface area contributed by atoms with Crippen molar-refractivity contribution in [2.24, 2.45) is 5.41 Å². The molecule has 5 nitrogen and oxygen atoms in total. The van der Waals surface area contributed by atoms with Crippen LogP contribution in [0, 0.1) is 5.41 Å². The summed E-state index contributed by atoms with van der Waals surface area (Å²) in [4.78, 5) is 28.3. The summed E-state index contributed by atoms with van der Waals surface area (Å²) >= 11 is 6.01. The van der Waals surface area contributed by atoms with Gasteiger partial charge in [0.25, 0.3) is 0 Å². The second-order valence-corrected chi connectivity index (χ2v) is 8.06. The molecule has 1 aromatic rings. The summed E-state index contributed by atoms with van der Waals surface area (Å²) in [6.07, 6.45) is 1.07. The number of piperidine rings is 1. The van der Waals surface area contributed by atoms with Crippen LogP contribution in [0.5, 0.6) is 0 Å². The second-order valence-electron chi connectivity index (χ2n) is 7.62. The standard InChI is InChI=1S/C18H23ClN2O3/c1-17(2,3)24-16(23)20-9-7-18(8-10-20)12-21(15(18)22)14-6-4-5-13(19)11-14/h4-6,11H,7-10,12H2,1-3H3. The number of amides is 2. The first-order valence-electron chi connectivity index (χ1n) is 8.26. The third-order valence-electron chi connectivity index (χ3n) is 4.65. The number of carbonyl (C=O) groups excluding carboxylic acids is 2. The largest absolute Gasteiger partial charge is 0.444 e. The molecule has 1 spiro atoms. The first kappa shape index (κ1) is 17.1. The number of benzene rings is 1. The molecule has 1 aromatic carbocycles. The molecule has 0 aromatic heterocycles. The fraction of sp³-hybridized carbons (Fsp3) is 0.556. The van der Waals surface area contributed by atoms with Crippen LogP contribution >= 0.6 is 11.6 Å². The molecule has 0 N–H and O–H groups in total. The van der Waals surface area contributed by atoms with Gasteiger partial charge in [0.15, 0.2) is 0 Å². The minimum atomic E-state index is -0.498. The molecular formula is C18H23ClN2O3. The molecule has 2 saturated heterocycles. The molecular weight excluding hydrogens is 328 g/mol. The van der Waals surface area contributed by atoms with Crippen LogP contribution < -0.4 is 4.90 Å². The Labute approximate surface area is 147 Å². The van der Waals surface area contributed by atoms with Crippen molar-refractivity contribution in [3.05, 3.63) is 29.3 Å². The number of hydrogen-bond donors (Lipinski definition) is 0. The molecule has 0 aliphatic carbocycles. The Bertz CT molecular complexity index is 660. The molecule has 0 atom stereocenters. The van der Waals surface area contributed by atoms with Crippen molar-refractivity contribution in [1.82, 2.24) is 4.90 Å². The SMILES string of the molecule is CC(C)(C)OC(=O)N1CCC2(CC1)CN(c1cccc(Cl)c1)C2=O. The van der Waals surface area contributed by atoms with Crippen molar-refractivity contribution in [2.75, 3.05) is 24.5 Å². The van der Waals surface area contributed by atoms with Gasteiger partial charge in [0.05, 0.1) is 5.41 Å². The van der Waals surface area contributed by atoms with Gasteiger partial charge in [-0.2, -0.15) is 0 Å². The van der Waals surface area contributed by atoms with Gasteiger partial charge in [0.1, 0.15) is 5.60 Å². The number of ether oxygens (including phenoxy) is 1. The lowest BCUT2D eigenvalue weighted by atomic mass is 9.71. The van der Waals surface area contributed by atoms with Crippen LogP contribution in [-0.2, 0) is 9.53 Å². The summed E-state index contributed by atoms with van der Waals surface area (Å²) in [5.41, 5.74) is 0.00982. The minimum absolute atomic E-state index is 0.133. The topological polar surface area (TPSA) is 49.9 Å². The van der Waals surface area contributed by atoms with E-state index in [2.05, 4.69) is 0 Å². The molecule has 2 fully saturated rings. The Morgan fingerprint density at radius 1 is 1.25 bits per heavy atom. The summed E-state index contributed by atoms with van der Waals surface area (Å²) in [6, 6.07) is 7.35. The number of anilines is 1. The lowest BCUT2D eigenvalue weighted by Gasteiger charge is -2.52. The van der Waals surface area contributed by atoms with Gasteiger partial charge in [-0.15, -0.1) is 0 Å². The van der Waals surface area contributed by atoms with E-state index in [0.29, 0.717) is 37.5 Å². The highest BCUT2D eigenvalue weighted by atomic mass is 35.5. The maximum absolute atomic E-state index is 12.7. The maximum Gasteiger partial charge on any atom is 0.410 e. The fourth-order valence-electron chi connectivity index (χ4n) is 3.31. The van der Waals surface area contributed by atoms with Crippen molar-refractivity contribution in [3.63, 3.8) is 0 Å². The van der Waals surface area contributed by atoms with Crippen LogP contribution in [0.25, 0.3) is 0 Å². The molecule has 6 heteroatoms. The van der Waals surface area contributed by atoms with Gasteiger partial charge in [0.2, 0.25) is 5.91 Å². The molecule has 2 aliphatic rings.